The van der Waals surface area contributed by atoms with E-state index in [9.17, 15) is 13.2 Å². The van der Waals surface area contributed by atoms with Crippen molar-refractivity contribution in [3.63, 3.8) is 0 Å². The minimum atomic E-state index is -3.57. The van der Waals surface area contributed by atoms with Gasteiger partial charge in [-0.05, 0) is 23.8 Å². The topological polar surface area (TPSA) is 88.2 Å². The Labute approximate surface area is 135 Å². The molecule has 1 amide bonds. The van der Waals surface area contributed by atoms with Crippen LogP contribution in [0.15, 0.2) is 60.3 Å². The molecule has 1 heterocycles. The quantitative estimate of drug-likeness (QED) is 0.812. The maximum atomic E-state index is 11.8. The Bertz CT molecular complexity index is 760. The first kappa shape index (κ1) is 16.9. The molecule has 2 N–H and O–H groups in total. The molecule has 2 aromatic rings. The largest absolute Gasteiger partial charge is 0.326 e. The molecule has 0 radical (unpaired) electrons. The van der Waals surface area contributed by atoms with Crippen LogP contribution in [-0.4, -0.2) is 25.9 Å². The first-order valence-electron chi connectivity index (χ1n) is 6.98. The highest BCUT2D eigenvalue weighted by atomic mass is 32.2. The highest BCUT2D eigenvalue weighted by Gasteiger charge is 2.07. The van der Waals surface area contributed by atoms with Crippen LogP contribution in [0.25, 0.3) is 6.08 Å². The lowest BCUT2D eigenvalue weighted by Crippen LogP contribution is -2.26. The van der Waals surface area contributed by atoms with Crippen LogP contribution < -0.4 is 10.0 Å². The third-order valence-electron chi connectivity index (χ3n) is 2.86. The summed E-state index contributed by atoms with van der Waals surface area (Å²) in [5.74, 6) is -0.272. The molecule has 0 aliphatic rings. The lowest BCUT2D eigenvalue weighted by atomic mass is 10.2. The number of amides is 1. The molecule has 0 unspecified atom stereocenters. The molecule has 0 spiro atoms. The number of aromatic nitrogens is 1. The maximum absolute atomic E-state index is 11.8. The summed E-state index contributed by atoms with van der Waals surface area (Å²) < 4.78 is 26.0. The summed E-state index contributed by atoms with van der Waals surface area (Å²) in [7, 11) is -3.57. The van der Waals surface area contributed by atoms with E-state index in [1.165, 1.54) is 6.08 Å². The summed E-state index contributed by atoms with van der Waals surface area (Å²) in [6.45, 7) is 0.0262. The predicted octanol–water partition coefficient (Wildman–Crippen LogP) is 2.00. The molecule has 0 saturated carbocycles. The van der Waals surface area contributed by atoms with Gasteiger partial charge in [-0.3, -0.25) is 9.78 Å². The van der Waals surface area contributed by atoms with Crippen molar-refractivity contribution in [1.29, 1.82) is 0 Å². The van der Waals surface area contributed by atoms with Gasteiger partial charge in [0.25, 0.3) is 0 Å². The average Bonchev–Trinajstić information content (AvgIpc) is 2.55. The van der Waals surface area contributed by atoms with Gasteiger partial charge in [0, 0.05) is 36.5 Å². The van der Waals surface area contributed by atoms with Gasteiger partial charge in [0.2, 0.25) is 15.9 Å². The molecule has 1 aromatic heterocycles. The Hall–Kier alpha value is -2.51. The van der Waals surface area contributed by atoms with Gasteiger partial charge in [-0.1, -0.05) is 30.3 Å². The predicted molar refractivity (Wildman–Crippen MR) is 89.9 cm³/mol. The van der Waals surface area contributed by atoms with E-state index in [4.69, 9.17) is 0 Å². The number of nitrogens with one attached hydrogen (secondary N) is 2. The van der Waals surface area contributed by atoms with Crippen LogP contribution in [0.4, 0.5) is 5.69 Å². The van der Waals surface area contributed by atoms with Gasteiger partial charge in [0.15, 0.2) is 0 Å². The number of carbonyl (C=O) groups is 1. The molecular weight excluding hydrogens is 314 g/mol. The molecule has 0 fully saturated rings. The van der Waals surface area contributed by atoms with E-state index in [1.54, 1.807) is 36.7 Å². The van der Waals surface area contributed by atoms with Gasteiger partial charge in [-0.25, -0.2) is 13.1 Å². The lowest BCUT2D eigenvalue weighted by molar-refractivity contribution is -0.116. The van der Waals surface area contributed by atoms with E-state index in [0.717, 1.165) is 11.0 Å². The summed E-state index contributed by atoms with van der Waals surface area (Å²) in [6.07, 6.45) is 4.67. The number of sulfonamides is 1. The second-order valence-corrected chi connectivity index (χ2v) is 6.34. The van der Waals surface area contributed by atoms with E-state index in [1.807, 2.05) is 18.2 Å². The van der Waals surface area contributed by atoms with Gasteiger partial charge in [-0.15, -0.1) is 0 Å². The van der Waals surface area contributed by atoms with E-state index in [0.29, 0.717) is 5.69 Å². The highest BCUT2D eigenvalue weighted by Crippen LogP contribution is 2.04. The SMILES string of the molecule is O=C(CCNS(=O)(=O)/C=C/c1ccccc1)Nc1ccncc1. The molecule has 0 aliphatic heterocycles. The number of pyridine rings is 1. The first-order chi connectivity index (χ1) is 11.1. The van der Waals surface area contributed by atoms with E-state index in [2.05, 4.69) is 15.0 Å². The van der Waals surface area contributed by atoms with Crippen LogP contribution in [0, 0.1) is 0 Å². The van der Waals surface area contributed by atoms with Crippen molar-refractivity contribution in [2.45, 2.75) is 6.42 Å². The van der Waals surface area contributed by atoms with E-state index >= 15 is 0 Å². The lowest BCUT2D eigenvalue weighted by Gasteiger charge is -2.05. The van der Waals surface area contributed by atoms with Gasteiger partial charge in [0.1, 0.15) is 0 Å². The fourth-order valence-corrected chi connectivity index (χ4v) is 2.57. The molecule has 0 atom stereocenters. The van der Waals surface area contributed by atoms with Gasteiger partial charge in [0.05, 0.1) is 0 Å². The number of rotatable bonds is 7. The van der Waals surface area contributed by atoms with E-state index < -0.39 is 10.0 Å². The normalized spacial score (nSPS) is 11.5. The minimum Gasteiger partial charge on any atom is -0.326 e. The summed E-state index contributed by atoms with van der Waals surface area (Å²) in [5.41, 5.74) is 1.41. The van der Waals surface area contributed by atoms with Crippen LogP contribution in [0.5, 0.6) is 0 Å². The van der Waals surface area contributed by atoms with Gasteiger partial charge < -0.3 is 5.32 Å². The number of hydrogen-bond donors (Lipinski definition) is 2. The van der Waals surface area contributed by atoms with Crippen LogP contribution in [-0.2, 0) is 14.8 Å². The fraction of sp³-hybridized carbons (Fsp3) is 0.125. The van der Waals surface area contributed by atoms with Crippen LogP contribution >= 0.6 is 0 Å². The Kier molecular flexibility index (Phi) is 6.02. The van der Waals surface area contributed by atoms with Crippen molar-refractivity contribution in [2.24, 2.45) is 0 Å². The molecule has 23 heavy (non-hydrogen) atoms. The Morgan fingerprint density at radius 3 is 2.48 bits per heavy atom. The molecular formula is C16H17N3O3S. The second kappa shape index (κ2) is 8.21. The average molecular weight is 331 g/mol. The van der Waals surface area contributed by atoms with E-state index in [-0.39, 0.29) is 18.9 Å². The maximum Gasteiger partial charge on any atom is 0.233 e. The van der Waals surface area contributed by atoms with Crippen molar-refractivity contribution in [2.75, 3.05) is 11.9 Å². The number of anilines is 1. The monoisotopic (exact) mass is 331 g/mol. The number of carbonyl (C=O) groups excluding carboxylic acids is 1. The van der Waals surface area contributed by atoms with Crippen molar-refractivity contribution in [1.82, 2.24) is 9.71 Å². The molecule has 0 aliphatic carbocycles. The van der Waals surface area contributed by atoms with Gasteiger partial charge in [-0.2, -0.15) is 0 Å². The van der Waals surface area contributed by atoms with Crippen molar-refractivity contribution >= 4 is 27.7 Å². The van der Waals surface area contributed by atoms with Crippen LogP contribution in [0.3, 0.4) is 0 Å². The molecule has 0 bridgehead atoms. The second-order valence-electron chi connectivity index (χ2n) is 4.69. The summed E-state index contributed by atoms with van der Waals surface area (Å²) in [4.78, 5) is 15.5. The molecule has 6 nitrogen and oxygen atoms in total. The van der Waals surface area contributed by atoms with Crippen molar-refractivity contribution < 1.29 is 13.2 Å². The molecule has 1 aromatic carbocycles. The number of nitrogens with zero attached hydrogens (tertiary/aromatic N) is 1. The molecule has 120 valence electrons. The third kappa shape index (κ3) is 6.41. The number of hydrogen-bond acceptors (Lipinski definition) is 4. The number of benzene rings is 1. The summed E-state index contributed by atoms with van der Waals surface area (Å²) in [5, 5.41) is 3.74. The van der Waals surface area contributed by atoms with Crippen molar-refractivity contribution in [3.05, 3.63) is 65.8 Å². The zero-order valence-electron chi connectivity index (χ0n) is 12.3. The Morgan fingerprint density at radius 1 is 1.09 bits per heavy atom. The highest BCUT2D eigenvalue weighted by molar-refractivity contribution is 7.92. The standard InChI is InChI=1S/C16H17N3O3S/c20-16(19-15-6-10-17-11-7-15)8-12-18-23(21,22)13-9-14-4-2-1-3-5-14/h1-7,9-11,13,18H,8,12H2,(H,17,19,20)/b13-9+. The Balaban J connectivity index is 1.78. The van der Waals surface area contributed by atoms with Crippen LogP contribution in [0.1, 0.15) is 12.0 Å². The van der Waals surface area contributed by atoms with Gasteiger partial charge >= 0.3 is 0 Å². The van der Waals surface area contributed by atoms with Crippen LogP contribution in [0.2, 0.25) is 0 Å². The summed E-state index contributed by atoms with van der Waals surface area (Å²) in [6, 6.07) is 12.4. The minimum absolute atomic E-state index is 0.0262. The Morgan fingerprint density at radius 2 is 1.78 bits per heavy atom. The zero-order valence-corrected chi connectivity index (χ0v) is 13.2. The summed E-state index contributed by atoms with van der Waals surface area (Å²) >= 11 is 0. The molecule has 7 heteroatoms. The third-order valence-corrected chi connectivity index (χ3v) is 3.96. The fourth-order valence-electron chi connectivity index (χ4n) is 1.75. The molecule has 0 saturated heterocycles. The smallest absolute Gasteiger partial charge is 0.233 e. The zero-order chi connectivity index (χ0) is 16.5. The molecule has 2 rings (SSSR count). The first-order valence-corrected chi connectivity index (χ1v) is 8.52. The van der Waals surface area contributed by atoms with Crippen molar-refractivity contribution in [3.8, 4) is 0 Å².